The molecule has 0 radical (unpaired) electrons. The zero-order valence-corrected chi connectivity index (χ0v) is 15.4. The van der Waals surface area contributed by atoms with Gasteiger partial charge in [-0.3, -0.25) is 9.69 Å². The fourth-order valence-electron chi connectivity index (χ4n) is 4.05. The Morgan fingerprint density at radius 1 is 1.36 bits per heavy atom. The van der Waals surface area contributed by atoms with Crippen LogP contribution in [0.2, 0.25) is 5.02 Å². The van der Waals surface area contributed by atoms with Crippen LogP contribution in [0, 0.1) is 11.8 Å². The molecule has 0 aromatic heterocycles. The lowest BCUT2D eigenvalue weighted by molar-refractivity contribution is -0.126. The fraction of sp³-hybridized carbons (Fsp3) is 0.632. The number of rotatable bonds is 6. The van der Waals surface area contributed by atoms with Crippen LogP contribution in [0.25, 0.3) is 0 Å². The molecule has 6 heteroatoms. The summed E-state index contributed by atoms with van der Waals surface area (Å²) in [5.41, 5.74) is 6.96. The molecular formula is C19H28ClN3O2. The second-order valence-corrected chi connectivity index (χ2v) is 7.43. The number of ether oxygens (including phenoxy) is 1. The van der Waals surface area contributed by atoms with Gasteiger partial charge in [-0.1, -0.05) is 30.2 Å². The second-order valence-electron chi connectivity index (χ2n) is 7.00. The highest BCUT2D eigenvalue weighted by Crippen LogP contribution is 2.31. The Bertz CT molecular complexity index is 578. The van der Waals surface area contributed by atoms with Crippen LogP contribution in [0.3, 0.4) is 0 Å². The lowest BCUT2D eigenvalue weighted by atomic mass is 9.95. The van der Waals surface area contributed by atoms with E-state index in [2.05, 4.69) is 16.3 Å². The Kier molecular flexibility index (Phi) is 6.70. The molecule has 138 valence electrons. The number of benzene rings is 1. The maximum absolute atomic E-state index is 12.7. The van der Waals surface area contributed by atoms with Crippen LogP contribution in [0.15, 0.2) is 24.3 Å². The average Bonchev–Trinajstić information content (AvgIpc) is 3.11. The lowest BCUT2D eigenvalue weighted by Gasteiger charge is -2.35. The van der Waals surface area contributed by atoms with Crippen LogP contribution in [0.4, 0.5) is 0 Å². The summed E-state index contributed by atoms with van der Waals surface area (Å²) in [6.45, 7) is 4.36. The molecule has 5 nitrogen and oxygen atoms in total. The first-order valence-electron chi connectivity index (χ1n) is 9.24. The van der Waals surface area contributed by atoms with E-state index in [1.54, 1.807) is 0 Å². The van der Waals surface area contributed by atoms with Gasteiger partial charge in [0.1, 0.15) is 0 Å². The van der Waals surface area contributed by atoms with Gasteiger partial charge in [-0.2, -0.15) is 0 Å². The summed E-state index contributed by atoms with van der Waals surface area (Å²) in [5, 5.41) is 3.91. The van der Waals surface area contributed by atoms with Gasteiger partial charge in [-0.05, 0) is 43.0 Å². The predicted octanol–water partition coefficient (Wildman–Crippen LogP) is 2.20. The third kappa shape index (κ3) is 4.73. The fourth-order valence-corrected chi connectivity index (χ4v) is 4.25. The van der Waals surface area contributed by atoms with Gasteiger partial charge in [0.15, 0.2) is 0 Å². The highest BCUT2D eigenvalue weighted by molar-refractivity contribution is 6.30. The topological polar surface area (TPSA) is 67.6 Å². The predicted molar refractivity (Wildman–Crippen MR) is 99.5 cm³/mol. The number of amides is 1. The minimum atomic E-state index is 0.0645. The highest BCUT2D eigenvalue weighted by atomic mass is 35.5. The monoisotopic (exact) mass is 365 g/mol. The Labute approximate surface area is 154 Å². The molecule has 1 aromatic carbocycles. The molecule has 3 N–H and O–H groups in total. The van der Waals surface area contributed by atoms with Gasteiger partial charge in [0.2, 0.25) is 5.91 Å². The molecule has 3 rings (SSSR count). The van der Waals surface area contributed by atoms with E-state index in [4.69, 9.17) is 22.1 Å². The molecule has 0 spiro atoms. The third-order valence-corrected chi connectivity index (χ3v) is 5.72. The molecule has 1 aliphatic heterocycles. The van der Waals surface area contributed by atoms with E-state index in [9.17, 15) is 4.79 Å². The molecule has 2 aliphatic rings. The largest absolute Gasteiger partial charge is 0.379 e. The molecule has 1 amide bonds. The zero-order chi connectivity index (χ0) is 17.6. The van der Waals surface area contributed by atoms with Crippen molar-refractivity contribution < 1.29 is 9.53 Å². The molecule has 1 saturated heterocycles. The van der Waals surface area contributed by atoms with Crippen LogP contribution < -0.4 is 11.1 Å². The number of nitrogens with zero attached hydrogens (tertiary/aromatic N) is 1. The quantitative estimate of drug-likeness (QED) is 0.811. The average molecular weight is 366 g/mol. The van der Waals surface area contributed by atoms with Crippen molar-refractivity contribution in [3.8, 4) is 0 Å². The van der Waals surface area contributed by atoms with E-state index in [-0.39, 0.29) is 17.9 Å². The standard InChI is InChI=1S/C19H28ClN3O2/c20-16-5-1-3-14(11-16)18(23-7-9-25-10-8-23)13-22-19(24)17-6-2-4-15(17)12-21/h1,3,5,11,15,17-18H,2,4,6-10,12-13,21H2,(H,22,24)/t15-,17-,18?/m1/s1. The van der Waals surface area contributed by atoms with Crippen LogP contribution in [0.5, 0.6) is 0 Å². The summed E-state index contributed by atoms with van der Waals surface area (Å²) in [7, 11) is 0. The lowest BCUT2D eigenvalue weighted by Crippen LogP contribution is -2.45. The summed E-state index contributed by atoms with van der Waals surface area (Å²) < 4.78 is 5.48. The smallest absolute Gasteiger partial charge is 0.223 e. The van der Waals surface area contributed by atoms with Gasteiger partial charge in [0.25, 0.3) is 0 Å². The van der Waals surface area contributed by atoms with E-state index >= 15 is 0 Å². The van der Waals surface area contributed by atoms with Crippen LogP contribution >= 0.6 is 11.6 Å². The summed E-state index contributed by atoms with van der Waals surface area (Å²) >= 11 is 6.19. The Hall–Kier alpha value is -1.14. The van der Waals surface area contributed by atoms with Gasteiger partial charge < -0.3 is 15.8 Å². The summed E-state index contributed by atoms with van der Waals surface area (Å²) in [6, 6.07) is 8.03. The molecular weight excluding hydrogens is 338 g/mol. The Morgan fingerprint density at radius 2 is 2.16 bits per heavy atom. The van der Waals surface area contributed by atoms with Crippen molar-refractivity contribution >= 4 is 17.5 Å². The van der Waals surface area contributed by atoms with Gasteiger partial charge in [0, 0.05) is 30.6 Å². The second kappa shape index (κ2) is 8.99. The molecule has 3 atom stereocenters. The number of halogens is 1. The van der Waals surface area contributed by atoms with E-state index in [1.807, 2.05) is 18.2 Å². The maximum atomic E-state index is 12.7. The molecule has 1 heterocycles. The third-order valence-electron chi connectivity index (χ3n) is 5.49. The number of carbonyl (C=O) groups excluding carboxylic acids is 1. The normalized spacial score (nSPS) is 25.7. The number of nitrogens with one attached hydrogen (secondary N) is 1. The van der Waals surface area contributed by atoms with E-state index in [1.165, 1.54) is 0 Å². The van der Waals surface area contributed by atoms with Gasteiger partial charge >= 0.3 is 0 Å². The molecule has 0 bridgehead atoms. The summed E-state index contributed by atoms with van der Waals surface area (Å²) in [5.74, 6) is 0.538. The van der Waals surface area contributed by atoms with Crippen LogP contribution in [0.1, 0.15) is 30.9 Å². The van der Waals surface area contributed by atoms with Gasteiger partial charge in [-0.15, -0.1) is 0 Å². The van der Waals surface area contributed by atoms with Gasteiger partial charge in [0.05, 0.1) is 19.3 Å². The van der Waals surface area contributed by atoms with Crippen LogP contribution in [-0.2, 0) is 9.53 Å². The first-order valence-corrected chi connectivity index (χ1v) is 9.62. The zero-order valence-electron chi connectivity index (χ0n) is 14.6. The molecule has 2 fully saturated rings. The minimum absolute atomic E-state index is 0.0645. The van der Waals surface area contributed by atoms with Crippen molar-refractivity contribution in [2.24, 2.45) is 17.6 Å². The first kappa shape index (κ1) is 18.6. The highest BCUT2D eigenvalue weighted by Gasteiger charge is 2.32. The summed E-state index contributed by atoms with van der Waals surface area (Å²) in [6.07, 6.45) is 3.12. The van der Waals surface area contributed by atoms with E-state index in [0.29, 0.717) is 19.0 Å². The van der Waals surface area contributed by atoms with Crippen molar-refractivity contribution in [1.29, 1.82) is 0 Å². The number of hydrogen-bond donors (Lipinski definition) is 2. The molecule has 1 aromatic rings. The SMILES string of the molecule is NC[C@H]1CCC[C@H]1C(=O)NCC(c1cccc(Cl)c1)N1CCOCC1. The minimum Gasteiger partial charge on any atom is -0.379 e. The van der Waals surface area contributed by atoms with Crippen molar-refractivity contribution in [2.75, 3.05) is 39.4 Å². The number of hydrogen-bond acceptors (Lipinski definition) is 4. The van der Waals surface area contributed by atoms with E-state index < -0.39 is 0 Å². The number of carbonyl (C=O) groups is 1. The number of morpholine rings is 1. The first-order chi connectivity index (χ1) is 12.2. The Balaban J connectivity index is 1.68. The molecule has 25 heavy (non-hydrogen) atoms. The molecule has 1 aliphatic carbocycles. The Morgan fingerprint density at radius 3 is 2.88 bits per heavy atom. The molecule has 1 saturated carbocycles. The summed E-state index contributed by atoms with van der Waals surface area (Å²) in [4.78, 5) is 15.0. The van der Waals surface area contributed by atoms with E-state index in [0.717, 1.165) is 56.2 Å². The van der Waals surface area contributed by atoms with Crippen molar-refractivity contribution in [2.45, 2.75) is 25.3 Å². The van der Waals surface area contributed by atoms with Gasteiger partial charge in [-0.25, -0.2) is 0 Å². The van der Waals surface area contributed by atoms with Crippen molar-refractivity contribution in [3.05, 3.63) is 34.9 Å². The van der Waals surface area contributed by atoms with Crippen molar-refractivity contribution in [3.63, 3.8) is 0 Å². The van der Waals surface area contributed by atoms with Crippen molar-refractivity contribution in [1.82, 2.24) is 10.2 Å². The maximum Gasteiger partial charge on any atom is 0.223 e. The van der Waals surface area contributed by atoms with Crippen LogP contribution in [-0.4, -0.2) is 50.2 Å². The molecule has 1 unspecified atom stereocenters. The number of nitrogens with two attached hydrogens (primary N) is 1.